The van der Waals surface area contributed by atoms with E-state index in [-0.39, 0.29) is 0 Å². The summed E-state index contributed by atoms with van der Waals surface area (Å²) in [5.74, 6) is 0.936. The Labute approximate surface area is 144 Å². The van der Waals surface area contributed by atoms with Crippen molar-refractivity contribution in [3.05, 3.63) is 35.0 Å². The Balaban J connectivity index is 1.71. The maximum absolute atomic E-state index is 5.33. The van der Waals surface area contributed by atoms with Crippen molar-refractivity contribution in [3.63, 3.8) is 0 Å². The van der Waals surface area contributed by atoms with Crippen LogP contribution in [0, 0.1) is 13.8 Å². The Bertz CT molecular complexity index is 639. The third-order valence-corrected chi connectivity index (χ3v) is 5.19. The molecule has 2 aromatic rings. The first-order valence-electron chi connectivity index (χ1n) is 9.01. The average Bonchev–Trinajstić information content (AvgIpc) is 3.17. The van der Waals surface area contributed by atoms with Crippen LogP contribution < -0.4 is 0 Å². The predicted octanol–water partition coefficient (Wildman–Crippen LogP) is 2.78. The van der Waals surface area contributed by atoms with Crippen LogP contribution in [0.25, 0.3) is 0 Å². The molecule has 3 rings (SSSR count). The van der Waals surface area contributed by atoms with E-state index in [2.05, 4.69) is 44.7 Å². The van der Waals surface area contributed by atoms with Crippen molar-refractivity contribution in [1.29, 1.82) is 0 Å². The summed E-state index contributed by atoms with van der Waals surface area (Å²) in [6.07, 6.45) is 3.06. The van der Waals surface area contributed by atoms with E-state index in [4.69, 9.17) is 4.52 Å². The molecular formula is C18H29N5O. The molecular weight excluding hydrogens is 302 g/mol. The van der Waals surface area contributed by atoms with Gasteiger partial charge in [-0.05, 0) is 39.4 Å². The number of aromatic nitrogens is 3. The SMILES string of the molecule is CCN(CC)CCC1CN(Cc2c(C)noc2C)Cc2ccnn21. The van der Waals surface area contributed by atoms with Crippen molar-refractivity contribution in [2.45, 2.75) is 53.2 Å². The molecule has 2 aromatic heterocycles. The molecule has 0 amide bonds. The van der Waals surface area contributed by atoms with Gasteiger partial charge in [0.05, 0.1) is 17.4 Å². The summed E-state index contributed by atoms with van der Waals surface area (Å²) in [5.41, 5.74) is 3.54. The van der Waals surface area contributed by atoms with Gasteiger partial charge in [0.25, 0.3) is 0 Å². The van der Waals surface area contributed by atoms with E-state index in [9.17, 15) is 0 Å². The summed E-state index contributed by atoms with van der Waals surface area (Å²) in [7, 11) is 0. The minimum absolute atomic E-state index is 0.435. The van der Waals surface area contributed by atoms with Crippen molar-refractivity contribution in [2.75, 3.05) is 26.2 Å². The second-order valence-electron chi connectivity index (χ2n) is 6.71. The topological polar surface area (TPSA) is 50.3 Å². The first-order chi connectivity index (χ1) is 11.6. The summed E-state index contributed by atoms with van der Waals surface area (Å²) >= 11 is 0. The molecule has 0 saturated heterocycles. The smallest absolute Gasteiger partial charge is 0.138 e. The average molecular weight is 331 g/mol. The normalized spacial score (nSPS) is 18.3. The monoisotopic (exact) mass is 331 g/mol. The highest BCUT2D eigenvalue weighted by Gasteiger charge is 2.27. The molecule has 0 radical (unpaired) electrons. The number of hydrogen-bond donors (Lipinski definition) is 0. The van der Waals surface area contributed by atoms with Crippen LogP contribution in [0.5, 0.6) is 0 Å². The van der Waals surface area contributed by atoms with Crippen molar-refractivity contribution < 1.29 is 4.52 Å². The second-order valence-corrected chi connectivity index (χ2v) is 6.71. The van der Waals surface area contributed by atoms with Crippen molar-refractivity contribution in [2.24, 2.45) is 0 Å². The van der Waals surface area contributed by atoms with Crippen LogP contribution in [0.4, 0.5) is 0 Å². The van der Waals surface area contributed by atoms with Gasteiger partial charge < -0.3 is 9.42 Å². The highest BCUT2D eigenvalue weighted by molar-refractivity contribution is 5.21. The summed E-state index contributed by atoms with van der Waals surface area (Å²) in [6, 6.07) is 2.58. The zero-order valence-corrected chi connectivity index (χ0v) is 15.3. The maximum Gasteiger partial charge on any atom is 0.138 e. The van der Waals surface area contributed by atoms with Gasteiger partial charge in [-0.25, -0.2) is 0 Å². The van der Waals surface area contributed by atoms with E-state index < -0.39 is 0 Å². The molecule has 132 valence electrons. The number of nitrogens with zero attached hydrogens (tertiary/aromatic N) is 5. The number of rotatable bonds is 7. The lowest BCUT2D eigenvalue weighted by Gasteiger charge is -2.34. The Kier molecular flexibility index (Phi) is 5.36. The van der Waals surface area contributed by atoms with Gasteiger partial charge in [0, 0.05) is 37.9 Å². The maximum atomic E-state index is 5.33. The first-order valence-corrected chi connectivity index (χ1v) is 9.01. The Hall–Kier alpha value is -1.66. The highest BCUT2D eigenvalue weighted by atomic mass is 16.5. The molecule has 1 atom stereocenters. The predicted molar refractivity (Wildman–Crippen MR) is 93.8 cm³/mol. The lowest BCUT2D eigenvalue weighted by Crippen LogP contribution is -2.39. The Morgan fingerprint density at radius 1 is 1.29 bits per heavy atom. The minimum Gasteiger partial charge on any atom is -0.361 e. The van der Waals surface area contributed by atoms with Crippen LogP contribution in [0.1, 0.15) is 49.0 Å². The molecule has 0 saturated carbocycles. The van der Waals surface area contributed by atoms with Crippen LogP contribution in [0.15, 0.2) is 16.8 Å². The molecule has 24 heavy (non-hydrogen) atoms. The van der Waals surface area contributed by atoms with E-state index in [0.29, 0.717) is 6.04 Å². The van der Waals surface area contributed by atoms with Crippen molar-refractivity contribution in [1.82, 2.24) is 24.7 Å². The largest absolute Gasteiger partial charge is 0.361 e. The van der Waals surface area contributed by atoms with Gasteiger partial charge in [-0.15, -0.1) is 0 Å². The molecule has 0 fully saturated rings. The van der Waals surface area contributed by atoms with Gasteiger partial charge in [-0.2, -0.15) is 5.10 Å². The van der Waals surface area contributed by atoms with Crippen LogP contribution in [-0.2, 0) is 13.1 Å². The first kappa shape index (κ1) is 17.2. The molecule has 0 aromatic carbocycles. The standard InChI is InChI=1S/C18H29N5O/c1-5-21(6-2)10-8-17-12-22(11-16-7-9-19-23(16)17)13-18-14(3)20-24-15(18)4/h7,9,17H,5-6,8,10-13H2,1-4H3. The Morgan fingerprint density at radius 3 is 2.75 bits per heavy atom. The molecule has 3 heterocycles. The molecule has 0 aliphatic carbocycles. The number of hydrogen-bond acceptors (Lipinski definition) is 5. The quantitative estimate of drug-likeness (QED) is 0.781. The van der Waals surface area contributed by atoms with E-state index in [1.54, 1.807) is 0 Å². The Morgan fingerprint density at radius 2 is 2.08 bits per heavy atom. The molecule has 1 aliphatic heterocycles. The highest BCUT2D eigenvalue weighted by Crippen LogP contribution is 2.26. The minimum atomic E-state index is 0.435. The zero-order valence-electron chi connectivity index (χ0n) is 15.3. The van der Waals surface area contributed by atoms with Gasteiger partial charge in [-0.3, -0.25) is 9.58 Å². The number of aryl methyl sites for hydroxylation is 2. The molecule has 0 spiro atoms. The third kappa shape index (κ3) is 3.54. The van der Waals surface area contributed by atoms with E-state index in [1.165, 1.54) is 11.3 Å². The van der Waals surface area contributed by atoms with Crippen LogP contribution in [0.2, 0.25) is 0 Å². The third-order valence-electron chi connectivity index (χ3n) is 5.19. The fourth-order valence-electron chi connectivity index (χ4n) is 3.62. The van der Waals surface area contributed by atoms with Crippen molar-refractivity contribution in [3.8, 4) is 0 Å². The summed E-state index contributed by atoms with van der Waals surface area (Å²) in [4.78, 5) is 4.98. The van der Waals surface area contributed by atoms with E-state index in [1.807, 2.05) is 20.0 Å². The van der Waals surface area contributed by atoms with E-state index in [0.717, 1.165) is 57.1 Å². The molecule has 0 N–H and O–H groups in total. The van der Waals surface area contributed by atoms with Gasteiger partial charge in [-0.1, -0.05) is 19.0 Å². The lowest BCUT2D eigenvalue weighted by atomic mass is 10.1. The fraction of sp³-hybridized carbons (Fsp3) is 0.667. The van der Waals surface area contributed by atoms with Crippen LogP contribution in [0.3, 0.4) is 0 Å². The van der Waals surface area contributed by atoms with Gasteiger partial charge in [0.15, 0.2) is 0 Å². The molecule has 1 aliphatic rings. The lowest BCUT2D eigenvalue weighted by molar-refractivity contribution is 0.149. The summed E-state index contributed by atoms with van der Waals surface area (Å²) in [5, 5.41) is 8.67. The van der Waals surface area contributed by atoms with Crippen LogP contribution in [-0.4, -0.2) is 50.9 Å². The van der Waals surface area contributed by atoms with Gasteiger partial charge in [0.2, 0.25) is 0 Å². The molecule has 0 bridgehead atoms. The van der Waals surface area contributed by atoms with Crippen molar-refractivity contribution >= 4 is 0 Å². The fourth-order valence-corrected chi connectivity index (χ4v) is 3.62. The molecule has 6 nitrogen and oxygen atoms in total. The molecule has 1 unspecified atom stereocenters. The molecule has 6 heteroatoms. The number of fused-ring (bicyclic) bond motifs is 1. The van der Waals surface area contributed by atoms with Crippen LogP contribution >= 0.6 is 0 Å². The second kappa shape index (κ2) is 7.49. The zero-order chi connectivity index (χ0) is 17.1. The summed E-state index contributed by atoms with van der Waals surface area (Å²) < 4.78 is 7.55. The van der Waals surface area contributed by atoms with E-state index >= 15 is 0 Å². The summed E-state index contributed by atoms with van der Waals surface area (Å²) in [6.45, 7) is 14.7. The van der Waals surface area contributed by atoms with Gasteiger partial charge in [0.1, 0.15) is 5.76 Å². The van der Waals surface area contributed by atoms with Gasteiger partial charge >= 0.3 is 0 Å².